The minimum atomic E-state index is -0.826. The maximum Gasteiger partial charge on any atom is 0.303 e. The van der Waals surface area contributed by atoms with Gasteiger partial charge in [0.2, 0.25) is 0 Å². The third-order valence-corrected chi connectivity index (χ3v) is 3.44. The molecule has 4 nitrogen and oxygen atoms in total. The van der Waals surface area contributed by atoms with Gasteiger partial charge in [-0.25, -0.2) is 0 Å². The molecule has 1 amide bonds. The van der Waals surface area contributed by atoms with Gasteiger partial charge >= 0.3 is 5.97 Å². The smallest absolute Gasteiger partial charge is 0.303 e. The summed E-state index contributed by atoms with van der Waals surface area (Å²) in [5.74, 6) is -0.982. The average molecular weight is 263 g/mol. The zero-order valence-corrected chi connectivity index (χ0v) is 11.7. The van der Waals surface area contributed by atoms with Crippen LogP contribution >= 0.6 is 0 Å². The molecular weight excluding hydrogens is 242 g/mol. The van der Waals surface area contributed by atoms with E-state index in [0.29, 0.717) is 12.1 Å². The molecule has 0 aliphatic rings. The molecule has 1 unspecified atom stereocenters. The van der Waals surface area contributed by atoms with Crippen LogP contribution in [0.25, 0.3) is 0 Å². The minimum absolute atomic E-state index is 0.0217. The highest BCUT2D eigenvalue weighted by Crippen LogP contribution is 2.13. The quantitative estimate of drug-likeness (QED) is 0.828. The van der Waals surface area contributed by atoms with Crippen LogP contribution < -0.4 is 5.32 Å². The van der Waals surface area contributed by atoms with E-state index in [-0.39, 0.29) is 18.2 Å². The van der Waals surface area contributed by atoms with Crippen molar-refractivity contribution in [3.63, 3.8) is 0 Å². The number of amides is 1. The zero-order valence-electron chi connectivity index (χ0n) is 11.7. The molecule has 0 fully saturated rings. The lowest BCUT2D eigenvalue weighted by molar-refractivity contribution is -0.138. The molecule has 2 N–H and O–H groups in total. The molecule has 1 aromatic carbocycles. The van der Waals surface area contributed by atoms with Crippen molar-refractivity contribution in [2.45, 2.75) is 33.6 Å². The number of carbonyl (C=O) groups is 2. The number of carboxylic acid groups (broad SMARTS) is 1. The summed E-state index contributed by atoms with van der Waals surface area (Å²) in [4.78, 5) is 22.7. The number of carboxylic acids is 1. The number of carbonyl (C=O) groups excluding carboxylic acids is 1. The molecule has 0 aliphatic carbocycles. The van der Waals surface area contributed by atoms with Crippen molar-refractivity contribution in [2.75, 3.05) is 6.54 Å². The SMILES string of the molecule is CCC(CNC(=O)c1cccc(C)c1C)CC(=O)O. The lowest BCUT2D eigenvalue weighted by Crippen LogP contribution is -2.30. The standard InChI is InChI=1S/C15H21NO3/c1-4-12(8-14(17)18)9-16-15(19)13-7-5-6-10(2)11(13)3/h5-7,12H,4,8-9H2,1-3H3,(H,16,19)(H,17,18). The molecule has 0 bridgehead atoms. The molecule has 0 aliphatic heterocycles. The second kappa shape index (κ2) is 6.92. The van der Waals surface area contributed by atoms with Gasteiger partial charge in [-0.1, -0.05) is 25.5 Å². The summed E-state index contributed by atoms with van der Waals surface area (Å²) in [6, 6.07) is 5.60. The fourth-order valence-corrected chi connectivity index (χ4v) is 1.94. The maximum atomic E-state index is 12.1. The van der Waals surface area contributed by atoms with E-state index in [1.54, 1.807) is 6.07 Å². The first-order chi connectivity index (χ1) is 8.95. The van der Waals surface area contributed by atoms with Crippen LogP contribution in [-0.4, -0.2) is 23.5 Å². The third-order valence-electron chi connectivity index (χ3n) is 3.44. The number of benzene rings is 1. The Labute approximate surface area is 113 Å². The van der Waals surface area contributed by atoms with Gasteiger partial charge in [-0.15, -0.1) is 0 Å². The second-order valence-electron chi connectivity index (χ2n) is 4.83. The lowest BCUT2D eigenvalue weighted by atomic mass is 10.0. The van der Waals surface area contributed by atoms with Gasteiger partial charge in [0.05, 0.1) is 0 Å². The summed E-state index contributed by atoms with van der Waals surface area (Å²) in [5.41, 5.74) is 2.70. The van der Waals surface area contributed by atoms with Gasteiger partial charge in [0.25, 0.3) is 5.91 Å². The van der Waals surface area contributed by atoms with Crippen LogP contribution in [0.2, 0.25) is 0 Å². The number of aryl methyl sites for hydroxylation is 1. The van der Waals surface area contributed by atoms with Crippen LogP contribution in [-0.2, 0) is 4.79 Å². The number of hydrogen-bond donors (Lipinski definition) is 2. The highest BCUT2D eigenvalue weighted by Gasteiger charge is 2.14. The van der Waals surface area contributed by atoms with Crippen LogP contribution in [0.4, 0.5) is 0 Å². The summed E-state index contributed by atoms with van der Waals surface area (Å²) in [5, 5.41) is 11.6. The Hall–Kier alpha value is -1.84. The molecule has 0 aromatic heterocycles. The summed E-state index contributed by atoms with van der Waals surface area (Å²) in [6.45, 7) is 6.21. The van der Waals surface area contributed by atoms with Crippen LogP contribution in [0.3, 0.4) is 0 Å². The van der Waals surface area contributed by atoms with E-state index in [4.69, 9.17) is 5.11 Å². The number of nitrogens with one attached hydrogen (secondary N) is 1. The minimum Gasteiger partial charge on any atom is -0.481 e. The molecule has 0 saturated heterocycles. The molecule has 1 atom stereocenters. The fourth-order valence-electron chi connectivity index (χ4n) is 1.94. The average Bonchev–Trinajstić information content (AvgIpc) is 2.37. The molecule has 1 aromatic rings. The Kier molecular flexibility index (Phi) is 5.55. The van der Waals surface area contributed by atoms with Gasteiger partial charge in [-0.05, 0) is 37.0 Å². The second-order valence-corrected chi connectivity index (χ2v) is 4.83. The van der Waals surface area contributed by atoms with Crippen LogP contribution in [0.15, 0.2) is 18.2 Å². The number of hydrogen-bond acceptors (Lipinski definition) is 2. The van der Waals surface area contributed by atoms with E-state index in [9.17, 15) is 9.59 Å². The van der Waals surface area contributed by atoms with E-state index >= 15 is 0 Å². The molecule has 1 rings (SSSR count). The van der Waals surface area contributed by atoms with Gasteiger partial charge in [0, 0.05) is 18.5 Å². The Morgan fingerprint density at radius 2 is 2.00 bits per heavy atom. The molecule has 0 radical (unpaired) electrons. The van der Waals surface area contributed by atoms with E-state index < -0.39 is 5.97 Å². The fraction of sp³-hybridized carbons (Fsp3) is 0.467. The summed E-state index contributed by atoms with van der Waals surface area (Å²) >= 11 is 0. The van der Waals surface area contributed by atoms with Crippen molar-refractivity contribution in [1.29, 1.82) is 0 Å². The summed E-state index contributed by atoms with van der Waals surface area (Å²) in [7, 11) is 0. The number of rotatable bonds is 6. The summed E-state index contributed by atoms with van der Waals surface area (Å²) in [6.07, 6.45) is 0.822. The van der Waals surface area contributed by atoms with Crippen molar-refractivity contribution in [2.24, 2.45) is 5.92 Å². The maximum absolute atomic E-state index is 12.1. The van der Waals surface area contributed by atoms with E-state index in [0.717, 1.165) is 17.5 Å². The van der Waals surface area contributed by atoms with Crippen LogP contribution in [0.1, 0.15) is 41.3 Å². The largest absolute Gasteiger partial charge is 0.481 e. The Balaban J connectivity index is 2.64. The molecule has 0 saturated carbocycles. The van der Waals surface area contributed by atoms with Crippen molar-refractivity contribution in [3.8, 4) is 0 Å². The summed E-state index contributed by atoms with van der Waals surface area (Å²) < 4.78 is 0. The Morgan fingerprint density at radius 1 is 1.32 bits per heavy atom. The zero-order chi connectivity index (χ0) is 14.4. The first kappa shape index (κ1) is 15.2. The topological polar surface area (TPSA) is 66.4 Å². The lowest BCUT2D eigenvalue weighted by Gasteiger charge is -2.14. The van der Waals surface area contributed by atoms with Gasteiger partial charge < -0.3 is 10.4 Å². The molecule has 104 valence electrons. The predicted octanol–water partition coefficient (Wildman–Crippen LogP) is 2.53. The van der Waals surface area contributed by atoms with Gasteiger partial charge in [-0.2, -0.15) is 0 Å². The molecular formula is C15H21NO3. The molecule has 4 heteroatoms. The normalized spacial score (nSPS) is 11.9. The highest BCUT2D eigenvalue weighted by molar-refractivity contribution is 5.95. The van der Waals surface area contributed by atoms with Crippen molar-refractivity contribution >= 4 is 11.9 Å². The van der Waals surface area contributed by atoms with Gasteiger partial charge in [0.15, 0.2) is 0 Å². The van der Waals surface area contributed by atoms with Crippen molar-refractivity contribution in [1.82, 2.24) is 5.32 Å². The Bertz CT molecular complexity index is 468. The molecule has 0 spiro atoms. The Morgan fingerprint density at radius 3 is 2.58 bits per heavy atom. The van der Waals surface area contributed by atoms with E-state index in [2.05, 4.69) is 5.32 Å². The van der Waals surface area contributed by atoms with E-state index in [1.807, 2.05) is 32.9 Å². The van der Waals surface area contributed by atoms with Gasteiger partial charge in [0.1, 0.15) is 0 Å². The molecule has 0 heterocycles. The first-order valence-corrected chi connectivity index (χ1v) is 6.51. The highest BCUT2D eigenvalue weighted by atomic mass is 16.4. The van der Waals surface area contributed by atoms with Crippen LogP contribution in [0.5, 0.6) is 0 Å². The molecule has 19 heavy (non-hydrogen) atoms. The third kappa shape index (κ3) is 4.39. The monoisotopic (exact) mass is 263 g/mol. The van der Waals surface area contributed by atoms with Crippen LogP contribution in [0, 0.1) is 19.8 Å². The first-order valence-electron chi connectivity index (χ1n) is 6.51. The van der Waals surface area contributed by atoms with Crippen molar-refractivity contribution < 1.29 is 14.7 Å². The number of aliphatic carboxylic acids is 1. The predicted molar refractivity (Wildman–Crippen MR) is 74.3 cm³/mol. The van der Waals surface area contributed by atoms with Gasteiger partial charge in [-0.3, -0.25) is 9.59 Å². The van der Waals surface area contributed by atoms with Crippen molar-refractivity contribution in [3.05, 3.63) is 34.9 Å². The van der Waals surface area contributed by atoms with E-state index in [1.165, 1.54) is 0 Å².